The number of aliphatic hydroxyl groups excluding tert-OH is 3. The molecule has 3 aromatic carbocycles. The first-order valence-corrected chi connectivity index (χ1v) is 13.2. The summed E-state index contributed by atoms with van der Waals surface area (Å²) in [5.74, 6) is -2.04. The van der Waals surface area contributed by atoms with Gasteiger partial charge in [-0.25, -0.2) is 4.79 Å². The number of carbonyl (C=O) groups is 1. The van der Waals surface area contributed by atoms with Crippen molar-refractivity contribution in [1.29, 1.82) is 0 Å². The lowest BCUT2D eigenvalue weighted by Gasteiger charge is -2.39. The van der Waals surface area contributed by atoms with Gasteiger partial charge in [-0.05, 0) is 48.0 Å². The van der Waals surface area contributed by atoms with Crippen molar-refractivity contribution >= 4 is 23.0 Å². The number of esters is 1. The van der Waals surface area contributed by atoms with Crippen LogP contribution in [-0.2, 0) is 14.3 Å². The fourth-order valence-electron chi connectivity index (χ4n) is 4.54. The van der Waals surface area contributed by atoms with E-state index in [0.29, 0.717) is 11.3 Å². The van der Waals surface area contributed by atoms with Crippen LogP contribution in [0.2, 0.25) is 0 Å². The quantitative estimate of drug-likeness (QED) is 0.125. The van der Waals surface area contributed by atoms with E-state index < -0.39 is 60.2 Å². The standard InChI is InChI=1S/C31H28O13/c1-40-19-9-2-15(3-10-19)4-11-23(35)41-14-22-25(36)27(38)28(39)31(43-22)44-30-26(37)24-20(34)12-18(33)13-21(24)42-29(30)16-5-7-17(32)8-6-16/h2-13,22,25,27-28,31-34,36,38-39H,14H2,1H3/b11-4+/t22-,25-,27+,28-,31+/m1/s1. The zero-order chi connectivity index (χ0) is 31.5. The Balaban J connectivity index is 1.40. The molecule has 1 aliphatic rings. The second-order valence-corrected chi connectivity index (χ2v) is 9.84. The van der Waals surface area contributed by atoms with Crippen molar-refractivity contribution in [2.24, 2.45) is 0 Å². The van der Waals surface area contributed by atoms with Crippen molar-refractivity contribution in [2.45, 2.75) is 30.7 Å². The van der Waals surface area contributed by atoms with Crippen LogP contribution in [0.15, 0.2) is 76.0 Å². The smallest absolute Gasteiger partial charge is 0.330 e. The molecule has 13 heteroatoms. The number of rotatable bonds is 8. The maximum atomic E-state index is 13.6. The topological polar surface area (TPSA) is 206 Å². The summed E-state index contributed by atoms with van der Waals surface area (Å²) in [5.41, 5.74) is -0.214. The Kier molecular flexibility index (Phi) is 8.73. The Morgan fingerprint density at radius 2 is 1.61 bits per heavy atom. The highest BCUT2D eigenvalue weighted by atomic mass is 16.7. The highest BCUT2D eigenvalue weighted by Crippen LogP contribution is 2.37. The highest BCUT2D eigenvalue weighted by Gasteiger charge is 2.46. The van der Waals surface area contributed by atoms with Crippen LogP contribution < -0.4 is 14.9 Å². The average molecular weight is 609 g/mol. The third kappa shape index (κ3) is 6.31. The Morgan fingerprint density at radius 1 is 0.909 bits per heavy atom. The molecule has 44 heavy (non-hydrogen) atoms. The number of fused-ring (bicyclic) bond motifs is 1. The van der Waals surface area contributed by atoms with Gasteiger partial charge >= 0.3 is 5.97 Å². The third-order valence-electron chi connectivity index (χ3n) is 6.87. The molecule has 2 heterocycles. The fraction of sp³-hybridized carbons (Fsp3) is 0.226. The molecule has 13 nitrogen and oxygen atoms in total. The molecule has 0 spiro atoms. The van der Waals surface area contributed by atoms with E-state index in [0.717, 1.165) is 18.2 Å². The lowest BCUT2D eigenvalue weighted by atomic mass is 9.99. The van der Waals surface area contributed by atoms with Crippen molar-refractivity contribution in [1.82, 2.24) is 0 Å². The monoisotopic (exact) mass is 608 g/mol. The molecule has 0 unspecified atom stereocenters. The molecule has 1 aromatic heterocycles. The Labute approximate surface area is 249 Å². The number of phenolic OH excluding ortho intramolecular Hbond substituents is 3. The van der Waals surface area contributed by atoms with E-state index in [-0.39, 0.29) is 33.8 Å². The van der Waals surface area contributed by atoms with E-state index in [1.807, 2.05) is 0 Å². The summed E-state index contributed by atoms with van der Waals surface area (Å²) in [7, 11) is 1.53. The van der Waals surface area contributed by atoms with Gasteiger partial charge in [0.05, 0.1) is 7.11 Å². The average Bonchev–Trinajstić information content (AvgIpc) is 3.01. The summed E-state index contributed by atoms with van der Waals surface area (Å²) in [4.78, 5) is 25.9. The first-order valence-electron chi connectivity index (χ1n) is 13.2. The van der Waals surface area contributed by atoms with Gasteiger partial charge in [0.15, 0.2) is 5.76 Å². The maximum absolute atomic E-state index is 13.6. The van der Waals surface area contributed by atoms with Crippen LogP contribution in [-0.4, -0.2) is 81.0 Å². The molecule has 1 aliphatic heterocycles. The summed E-state index contributed by atoms with van der Waals surface area (Å²) in [6, 6.07) is 14.3. The van der Waals surface area contributed by atoms with E-state index in [4.69, 9.17) is 23.4 Å². The molecule has 6 N–H and O–H groups in total. The Bertz CT molecular complexity index is 1730. The van der Waals surface area contributed by atoms with Gasteiger partial charge in [0, 0.05) is 23.8 Å². The highest BCUT2D eigenvalue weighted by molar-refractivity contribution is 5.88. The summed E-state index contributed by atoms with van der Waals surface area (Å²) >= 11 is 0. The minimum atomic E-state index is -1.89. The molecule has 1 fully saturated rings. The number of benzene rings is 3. The SMILES string of the molecule is COc1ccc(/C=C/C(=O)OC[C@H]2O[C@@H](Oc3c(-c4ccc(O)cc4)oc4cc(O)cc(O)c4c3=O)[C@H](O)[C@@H](O)[C@@H]2O)cc1. The van der Waals surface area contributed by atoms with Gasteiger partial charge in [0.1, 0.15) is 65.0 Å². The molecule has 5 rings (SSSR count). The van der Waals surface area contributed by atoms with E-state index in [1.54, 1.807) is 24.3 Å². The second kappa shape index (κ2) is 12.7. The third-order valence-corrected chi connectivity index (χ3v) is 6.87. The molecule has 1 saturated heterocycles. The van der Waals surface area contributed by atoms with Crippen molar-refractivity contribution in [3.63, 3.8) is 0 Å². The summed E-state index contributed by atoms with van der Waals surface area (Å²) in [6.45, 7) is -0.562. The van der Waals surface area contributed by atoms with Crippen LogP contribution in [0, 0.1) is 0 Å². The number of methoxy groups -OCH3 is 1. The number of aromatic hydroxyl groups is 3. The first kappa shape index (κ1) is 30.4. The molecular weight excluding hydrogens is 580 g/mol. The molecule has 0 saturated carbocycles. The number of ether oxygens (including phenoxy) is 4. The summed E-state index contributed by atoms with van der Waals surface area (Å²) < 4.78 is 27.4. The van der Waals surface area contributed by atoms with E-state index >= 15 is 0 Å². The maximum Gasteiger partial charge on any atom is 0.330 e. The molecule has 0 bridgehead atoms. The van der Waals surface area contributed by atoms with E-state index in [9.17, 15) is 40.2 Å². The van der Waals surface area contributed by atoms with Gasteiger partial charge in [0.2, 0.25) is 17.5 Å². The molecule has 5 atom stereocenters. The van der Waals surface area contributed by atoms with Crippen molar-refractivity contribution < 1.29 is 58.8 Å². The Morgan fingerprint density at radius 3 is 2.30 bits per heavy atom. The van der Waals surface area contributed by atoms with Crippen LogP contribution in [0.1, 0.15) is 5.56 Å². The molecule has 4 aromatic rings. The number of hydrogen-bond acceptors (Lipinski definition) is 13. The van der Waals surface area contributed by atoms with Gasteiger partial charge in [-0.3, -0.25) is 4.79 Å². The zero-order valence-corrected chi connectivity index (χ0v) is 23.1. The predicted molar refractivity (Wildman–Crippen MR) is 153 cm³/mol. The molecular formula is C31H28O13. The zero-order valence-electron chi connectivity index (χ0n) is 23.1. The second-order valence-electron chi connectivity index (χ2n) is 9.84. The number of phenols is 3. The van der Waals surface area contributed by atoms with Gasteiger partial charge in [-0.2, -0.15) is 0 Å². The lowest BCUT2D eigenvalue weighted by molar-refractivity contribution is -0.278. The van der Waals surface area contributed by atoms with E-state index in [1.165, 1.54) is 37.5 Å². The molecule has 0 radical (unpaired) electrons. The minimum absolute atomic E-state index is 0.0889. The normalized spacial score (nSPS) is 21.8. The van der Waals surface area contributed by atoms with Crippen LogP contribution in [0.3, 0.4) is 0 Å². The molecule has 0 amide bonds. The van der Waals surface area contributed by atoms with Gasteiger partial charge in [-0.1, -0.05) is 12.1 Å². The van der Waals surface area contributed by atoms with Crippen LogP contribution in [0.4, 0.5) is 0 Å². The summed E-state index contributed by atoms with van der Waals surface area (Å²) in [5, 5.41) is 61.3. The van der Waals surface area contributed by atoms with Crippen molar-refractivity contribution in [3.8, 4) is 40.1 Å². The first-order chi connectivity index (χ1) is 21.0. The molecule has 0 aliphatic carbocycles. The van der Waals surface area contributed by atoms with Gasteiger partial charge < -0.3 is 54.0 Å². The van der Waals surface area contributed by atoms with Crippen LogP contribution in [0.25, 0.3) is 28.4 Å². The molecule has 230 valence electrons. The minimum Gasteiger partial charge on any atom is -0.508 e. The number of aliphatic hydroxyl groups is 3. The predicted octanol–water partition coefficient (Wildman–Crippen LogP) is 2.03. The van der Waals surface area contributed by atoms with Gasteiger partial charge in [0.25, 0.3) is 0 Å². The van der Waals surface area contributed by atoms with E-state index in [2.05, 4.69) is 0 Å². The van der Waals surface area contributed by atoms with Crippen LogP contribution >= 0.6 is 0 Å². The Hall–Kier alpha value is -5.08. The lowest BCUT2D eigenvalue weighted by Crippen LogP contribution is -2.60. The van der Waals surface area contributed by atoms with Crippen molar-refractivity contribution in [2.75, 3.05) is 13.7 Å². The van der Waals surface area contributed by atoms with Crippen LogP contribution in [0.5, 0.6) is 28.7 Å². The van der Waals surface area contributed by atoms with Crippen molar-refractivity contribution in [3.05, 3.63) is 82.5 Å². The fourth-order valence-corrected chi connectivity index (χ4v) is 4.54. The number of carbonyl (C=O) groups excluding carboxylic acids is 1. The van der Waals surface area contributed by atoms with Gasteiger partial charge in [-0.15, -0.1) is 0 Å². The largest absolute Gasteiger partial charge is 0.508 e. The summed E-state index contributed by atoms with van der Waals surface area (Å²) in [6.07, 6.45) is -5.99. The number of hydrogen-bond donors (Lipinski definition) is 6.